The Balaban J connectivity index is 0.934. The van der Waals surface area contributed by atoms with Gasteiger partial charge in [-0.05, 0) is 127 Å². The van der Waals surface area contributed by atoms with Crippen LogP contribution in [0.2, 0.25) is 0 Å². The number of carbonyl (C=O) groups excluding carboxylic acids is 2. The zero-order valence-electron chi connectivity index (χ0n) is 41.4. The van der Waals surface area contributed by atoms with Crippen LogP contribution in [0.5, 0.6) is 11.5 Å². The summed E-state index contributed by atoms with van der Waals surface area (Å²) in [6.07, 6.45) is 9.75. The molecule has 3 aliphatic heterocycles. The lowest BCUT2D eigenvalue weighted by atomic mass is 9.94. The van der Waals surface area contributed by atoms with Gasteiger partial charge in [-0.3, -0.25) is 4.90 Å². The molecule has 11 nitrogen and oxygen atoms in total. The number of hydrogen-bond donors (Lipinski definition) is 3. The summed E-state index contributed by atoms with van der Waals surface area (Å²) in [6.45, 7) is 4.62. The van der Waals surface area contributed by atoms with E-state index >= 15 is 0 Å². The molecule has 8 aromatic rings. The van der Waals surface area contributed by atoms with Crippen molar-refractivity contribution in [2.45, 2.75) is 32.7 Å². The molecule has 11 rings (SSSR count). The molecule has 0 radical (unpaired) electrons. The van der Waals surface area contributed by atoms with Gasteiger partial charge in [0.1, 0.15) is 11.5 Å². The number of methoxy groups -OCH3 is 1. The number of esters is 1. The zero-order valence-corrected chi connectivity index (χ0v) is 41.4. The van der Waals surface area contributed by atoms with E-state index in [1.807, 2.05) is 54.6 Å². The van der Waals surface area contributed by atoms with Crippen molar-refractivity contribution in [1.82, 2.24) is 30.2 Å². The SMILES string of the molecule is CCOC(=O)C1=C(C)N(CCCCOc2ccc(-c3c4nc(c(-c5ccccc5)c5ccc([nH]5)c(-c5ccccc5)c5nc(c(-c6ccccc6)c6ccc3[nH]6)C=C5)C=C4)cc2)C(=O)NC1c1ccc(OC)cc1. The number of nitrogens with zero attached hydrogens (tertiary/aromatic N) is 3. The number of rotatable bonds is 14. The predicted octanol–water partition coefficient (Wildman–Crippen LogP) is 14.1. The molecule has 0 aliphatic carbocycles. The minimum Gasteiger partial charge on any atom is -0.497 e. The van der Waals surface area contributed by atoms with Crippen molar-refractivity contribution in [3.8, 4) is 56.0 Å². The fourth-order valence-electron chi connectivity index (χ4n) is 10.1. The summed E-state index contributed by atoms with van der Waals surface area (Å²) in [7, 11) is 1.60. The molecule has 5 aromatic carbocycles. The summed E-state index contributed by atoms with van der Waals surface area (Å²) in [4.78, 5) is 47.0. The van der Waals surface area contributed by atoms with Crippen LogP contribution in [0.3, 0.4) is 0 Å². The van der Waals surface area contributed by atoms with E-state index in [1.165, 1.54) is 0 Å². The zero-order chi connectivity index (χ0) is 50.5. The van der Waals surface area contributed by atoms with Crippen LogP contribution in [0.15, 0.2) is 175 Å². The van der Waals surface area contributed by atoms with Crippen LogP contribution in [0.25, 0.3) is 90.9 Å². The average molecular weight is 975 g/mol. The molecule has 8 bridgehead atoms. The monoisotopic (exact) mass is 974 g/mol. The molecule has 0 fully saturated rings. The van der Waals surface area contributed by atoms with Gasteiger partial charge in [0.25, 0.3) is 0 Å². The van der Waals surface area contributed by atoms with E-state index in [9.17, 15) is 9.59 Å². The van der Waals surface area contributed by atoms with Crippen molar-refractivity contribution >= 4 is 58.4 Å². The fraction of sp³-hybridized carbons (Fsp3) is 0.143. The molecule has 0 saturated carbocycles. The molecular formula is C63H54N6O5. The Kier molecular flexibility index (Phi) is 13.3. The van der Waals surface area contributed by atoms with Crippen LogP contribution in [-0.2, 0) is 9.53 Å². The third kappa shape index (κ3) is 9.39. The summed E-state index contributed by atoms with van der Waals surface area (Å²) < 4.78 is 17.1. The highest BCUT2D eigenvalue weighted by Gasteiger charge is 2.36. The molecule has 1 unspecified atom stereocenters. The minimum absolute atomic E-state index is 0.219. The van der Waals surface area contributed by atoms with Gasteiger partial charge < -0.3 is 29.5 Å². The lowest BCUT2D eigenvalue weighted by Gasteiger charge is -2.35. The Morgan fingerprint density at radius 3 is 1.42 bits per heavy atom. The van der Waals surface area contributed by atoms with E-state index in [1.54, 1.807) is 25.9 Å². The van der Waals surface area contributed by atoms with Gasteiger partial charge in [0.05, 0.1) is 54.7 Å². The third-order valence-electron chi connectivity index (χ3n) is 13.7. The van der Waals surface area contributed by atoms with Gasteiger partial charge in [-0.1, -0.05) is 115 Å². The number of nitrogens with one attached hydrogen (secondary N) is 3. The van der Waals surface area contributed by atoms with Crippen LogP contribution in [0, 0.1) is 0 Å². The van der Waals surface area contributed by atoms with Gasteiger partial charge in [0, 0.05) is 56.6 Å². The average Bonchev–Trinajstić information content (AvgIpc) is 4.30. The number of amides is 2. The van der Waals surface area contributed by atoms with Crippen LogP contribution in [-0.4, -0.2) is 63.7 Å². The molecule has 3 N–H and O–H groups in total. The van der Waals surface area contributed by atoms with Crippen LogP contribution in [0.1, 0.15) is 61.1 Å². The Morgan fingerprint density at radius 2 is 0.986 bits per heavy atom. The maximum absolute atomic E-state index is 13.5. The number of urea groups is 1. The first kappa shape index (κ1) is 47.1. The van der Waals surface area contributed by atoms with Gasteiger partial charge in [-0.2, -0.15) is 0 Å². The Hall–Kier alpha value is -9.22. The lowest BCUT2D eigenvalue weighted by Crippen LogP contribution is -2.48. The van der Waals surface area contributed by atoms with E-state index < -0.39 is 12.0 Å². The Morgan fingerprint density at radius 1 is 0.554 bits per heavy atom. The van der Waals surface area contributed by atoms with E-state index in [0.29, 0.717) is 43.0 Å². The first-order valence-corrected chi connectivity index (χ1v) is 25.0. The molecule has 0 spiro atoms. The second-order valence-corrected chi connectivity index (χ2v) is 18.2. The number of aromatic amines is 2. The summed E-state index contributed by atoms with van der Waals surface area (Å²) in [6, 6.07) is 54.3. The maximum atomic E-state index is 13.5. The summed E-state index contributed by atoms with van der Waals surface area (Å²) in [5.41, 5.74) is 16.8. The quantitative estimate of drug-likeness (QED) is 0.0729. The van der Waals surface area contributed by atoms with Gasteiger partial charge in [0.2, 0.25) is 0 Å². The van der Waals surface area contributed by atoms with Crippen LogP contribution in [0.4, 0.5) is 4.79 Å². The molecule has 3 aromatic heterocycles. The summed E-state index contributed by atoms with van der Waals surface area (Å²) >= 11 is 0. The van der Waals surface area contributed by atoms with Gasteiger partial charge in [-0.25, -0.2) is 19.6 Å². The molecule has 0 saturated heterocycles. The highest BCUT2D eigenvalue weighted by molar-refractivity contribution is 6.00. The van der Waals surface area contributed by atoms with E-state index in [0.717, 1.165) is 101 Å². The standard InChI is InChI=1S/C63H54N6O5/c1-4-73-62(70)56-40(2)69(63(71)68-61(56)45-24-26-46(72-3)27-25-45)38-14-15-39-74-47-28-22-44(23-29-47)60-54-36-34-52(66-54)58(42-18-10-6-11-19-42)50-32-30-48(64-50)57(41-16-8-5-9-17-41)49-31-33-51(65-49)59(43-20-12-7-13-21-43)53-35-37-55(60)67-53/h5-13,16-37,61,64,67H,4,14-15,38-39H2,1-3H3,(H,68,71). The number of unbranched alkanes of at least 4 members (excludes halogenated alkanes) is 1. The topological polar surface area (TPSA) is 134 Å². The number of aromatic nitrogens is 4. The smallest absolute Gasteiger partial charge is 0.338 e. The second kappa shape index (κ2) is 20.9. The molecule has 74 heavy (non-hydrogen) atoms. The molecule has 1 atom stereocenters. The van der Waals surface area contributed by atoms with Crippen molar-refractivity contribution in [1.29, 1.82) is 0 Å². The van der Waals surface area contributed by atoms with Crippen molar-refractivity contribution < 1.29 is 23.8 Å². The highest BCUT2D eigenvalue weighted by Crippen LogP contribution is 2.39. The number of carbonyl (C=O) groups is 2. The molecule has 6 heterocycles. The van der Waals surface area contributed by atoms with Gasteiger partial charge >= 0.3 is 12.0 Å². The van der Waals surface area contributed by atoms with Crippen molar-refractivity contribution in [3.63, 3.8) is 0 Å². The van der Waals surface area contributed by atoms with Gasteiger partial charge in [-0.15, -0.1) is 0 Å². The van der Waals surface area contributed by atoms with Crippen molar-refractivity contribution in [3.05, 3.63) is 203 Å². The normalized spacial score (nSPS) is 14.0. The van der Waals surface area contributed by atoms with Crippen molar-refractivity contribution in [2.75, 3.05) is 26.9 Å². The molecule has 11 heteroatoms. The second-order valence-electron chi connectivity index (χ2n) is 18.2. The molecule has 3 aliphatic rings. The third-order valence-corrected chi connectivity index (χ3v) is 13.7. The summed E-state index contributed by atoms with van der Waals surface area (Å²) in [5.74, 6) is 0.942. The Bertz CT molecular complexity index is 3620. The fourth-order valence-corrected chi connectivity index (χ4v) is 10.1. The predicted molar refractivity (Wildman–Crippen MR) is 296 cm³/mol. The van der Waals surface area contributed by atoms with E-state index in [-0.39, 0.29) is 12.6 Å². The molecule has 366 valence electrons. The largest absolute Gasteiger partial charge is 0.497 e. The van der Waals surface area contributed by atoms with Crippen LogP contribution < -0.4 is 14.8 Å². The Labute approximate surface area is 429 Å². The number of H-pyrrole nitrogens is 2. The first-order valence-electron chi connectivity index (χ1n) is 25.0. The minimum atomic E-state index is -0.647. The highest BCUT2D eigenvalue weighted by atomic mass is 16.5. The number of benzene rings is 5. The van der Waals surface area contributed by atoms with Gasteiger partial charge in [0.15, 0.2) is 0 Å². The number of hydrogen-bond acceptors (Lipinski definition) is 7. The van der Waals surface area contributed by atoms with Crippen LogP contribution >= 0.6 is 0 Å². The number of fused-ring (bicyclic) bond motifs is 8. The van der Waals surface area contributed by atoms with E-state index in [2.05, 4.69) is 149 Å². The van der Waals surface area contributed by atoms with Crippen molar-refractivity contribution in [2.24, 2.45) is 0 Å². The lowest BCUT2D eigenvalue weighted by molar-refractivity contribution is -0.139. The first-order chi connectivity index (χ1) is 36.3. The maximum Gasteiger partial charge on any atom is 0.338 e. The molecule has 2 amide bonds. The summed E-state index contributed by atoms with van der Waals surface area (Å²) in [5, 5.41) is 3.04. The van der Waals surface area contributed by atoms with E-state index in [4.69, 9.17) is 24.2 Å². The molecular weight excluding hydrogens is 921 g/mol. The number of ether oxygens (including phenoxy) is 3. The number of allylic oxidation sites excluding steroid dienone is 1.